The van der Waals surface area contributed by atoms with Crippen molar-refractivity contribution in [3.05, 3.63) is 45.0 Å². The Bertz CT molecular complexity index is 1360. The maximum absolute atomic E-state index is 15.9. The van der Waals surface area contributed by atoms with Crippen LogP contribution in [0.2, 0.25) is 0 Å². The van der Waals surface area contributed by atoms with Gasteiger partial charge in [0.1, 0.15) is 28.7 Å². The summed E-state index contributed by atoms with van der Waals surface area (Å²) in [5.74, 6) is -7.00. The van der Waals surface area contributed by atoms with Gasteiger partial charge in [-0.1, -0.05) is 6.92 Å². The molecule has 0 bridgehead atoms. The fourth-order valence-electron chi connectivity index (χ4n) is 6.91. The molecule has 1 fully saturated rings. The van der Waals surface area contributed by atoms with Crippen LogP contribution in [0, 0.1) is 17.7 Å². The fraction of sp³-hybridized carbons (Fsp3) is 0.536. The van der Waals surface area contributed by atoms with Gasteiger partial charge in [0.15, 0.2) is 17.2 Å². The Morgan fingerprint density at radius 1 is 1.16 bits per heavy atom. The number of phenolic OH excluding ortho intramolecular Hbond substituents is 1. The van der Waals surface area contributed by atoms with Gasteiger partial charge >= 0.3 is 0 Å². The largest absolute Gasteiger partial charge is 0.508 e. The molecule has 1 saturated carbocycles. The van der Waals surface area contributed by atoms with Crippen LogP contribution in [0.25, 0.3) is 5.76 Å². The topological polar surface area (TPSA) is 139 Å². The maximum atomic E-state index is 15.9. The number of aliphatic hydroxyl groups is 3. The first-order valence-electron chi connectivity index (χ1n) is 12.9. The smallest absolute Gasteiger partial charge is 0.202 e. The number of fused-ring (bicyclic) bond motifs is 4. The molecule has 10 heteroatoms. The van der Waals surface area contributed by atoms with E-state index >= 15 is 4.39 Å². The van der Waals surface area contributed by atoms with Gasteiger partial charge in [0.25, 0.3) is 0 Å². The number of likely N-dealkylation sites (N-methyl/N-ethyl adjacent to an activating group) is 1. The van der Waals surface area contributed by atoms with Crippen LogP contribution < -0.4 is 0 Å². The van der Waals surface area contributed by atoms with Crippen LogP contribution >= 0.6 is 0 Å². The lowest BCUT2D eigenvalue weighted by Crippen LogP contribution is -2.65. The van der Waals surface area contributed by atoms with Gasteiger partial charge in [-0.25, -0.2) is 4.39 Å². The molecule has 204 valence electrons. The molecule has 0 spiro atoms. The van der Waals surface area contributed by atoms with Crippen LogP contribution in [-0.2, 0) is 33.9 Å². The van der Waals surface area contributed by atoms with Gasteiger partial charge in [-0.3, -0.25) is 24.2 Å². The molecular weight excluding hydrogens is 495 g/mol. The quantitative estimate of drug-likeness (QED) is 0.434. The first kappa shape index (κ1) is 26.5. The minimum Gasteiger partial charge on any atom is -0.508 e. The molecule has 4 aliphatic rings. The molecule has 4 N–H and O–H groups in total. The molecule has 3 aliphatic carbocycles. The molecule has 5 atom stereocenters. The highest BCUT2D eigenvalue weighted by molar-refractivity contribution is 6.25. The molecule has 1 unspecified atom stereocenters. The number of nitrogens with zero attached hydrogens (tertiary/aromatic N) is 2. The average molecular weight is 529 g/mol. The van der Waals surface area contributed by atoms with Crippen molar-refractivity contribution < 1.29 is 39.2 Å². The van der Waals surface area contributed by atoms with Crippen molar-refractivity contribution in [1.29, 1.82) is 0 Å². The summed E-state index contributed by atoms with van der Waals surface area (Å²) in [6, 6.07) is -0.969. The minimum atomic E-state index is -2.64. The van der Waals surface area contributed by atoms with Crippen LogP contribution in [0.4, 0.5) is 4.39 Å². The number of carbonyl (C=O) groups excluding carboxylic acids is 3. The van der Waals surface area contributed by atoms with Crippen LogP contribution in [0.3, 0.4) is 0 Å². The summed E-state index contributed by atoms with van der Waals surface area (Å²) in [5, 5.41) is 45.2. The third kappa shape index (κ3) is 3.29. The maximum Gasteiger partial charge on any atom is 0.202 e. The van der Waals surface area contributed by atoms with Gasteiger partial charge < -0.3 is 20.4 Å². The summed E-state index contributed by atoms with van der Waals surface area (Å²) < 4.78 is 15.9. The first-order valence-corrected chi connectivity index (χ1v) is 12.9. The molecule has 1 aromatic rings. The van der Waals surface area contributed by atoms with Crippen molar-refractivity contribution in [2.24, 2.45) is 11.8 Å². The van der Waals surface area contributed by atoms with Crippen molar-refractivity contribution in [3.63, 3.8) is 0 Å². The lowest BCUT2D eigenvalue weighted by molar-refractivity contribution is -0.153. The molecule has 5 rings (SSSR count). The average Bonchev–Trinajstić information content (AvgIpc) is 3.30. The van der Waals surface area contributed by atoms with E-state index in [-0.39, 0.29) is 47.9 Å². The molecule has 1 heterocycles. The van der Waals surface area contributed by atoms with E-state index in [4.69, 9.17) is 0 Å². The number of hydrogen-bond donors (Lipinski definition) is 4. The molecule has 1 aromatic carbocycles. The van der Waals surface area contributed by atoms with Gasteiger partial charge in [0.2, 0.25) is 5.78 Å². The Balaban J connectivity index is 1.70. The second-order valence-electron chi connectivity index (χ2n) is 11.3. The van der Waals surface area contributed by atoms with Gasteiger partial charge in [-0.05, 0) is 53.1 Å². The van der Waals surface area contributed by atoms with E-state index in [1.807, 2.05) is 18.7 Å². The fourth-order valence-corrected chi connectivity index (χ4v) is 6.91. The standard InChI is InChI=1S/C28H33FN2O7/c1-6-11(2)31-9-15-16(10-31)23(33)20-14(21(15)29)7-13-8-17-22(30(4)5)25(35)18(12(3)32)26(36)28(17,38)27(37)19(13)24(20)34/h11,13,17,22,33-34,36,38H,6-10H2,1-5H3/t11?,13-,17-,22-,28+/m0/s1. The summed E-state index contributed by atoms with van der Waals surface area (Å²) in [6.45, 7) is 5.68. The van der Waals surface area contributed by atoms with Crippen molar-refractivity contribution in [1.82, 2.24) is 9.80 Å². The molecule has 9 nitrogen and oxygen atoms in total. The van der Waals surface area contributed by atoms with Crippen LogP contribution in [0.1, 0.15) is 55.9 Å². The van der Waals surface area contributed by atoms with Crippen LogP contribution in [-0.4, -0.2) is 79.4 Å². The van der Waals surface area contributed by atoms with E-state index in [0.29, 0.717) is 17.7 Å². The summed E-state index contributed by atoms with van der Waals surface area (Å²) in [5.41, 5.74) is -2.91. The Morgan fingerprint density at radius 2 is 1.79 bits per heavy atom. The van der Waals surface area contributed by atoms with E-state index < -0.39 is 63.7 Å². The van der Waals surface area contributed by atoms with E-state index in [1.54, 1.807) is 14.1 Å². The molecule has 0 saturated heterocycles. The van der Waals surface area contributed by atoms with E-state index in [2.05, 4.69) is 0 Å². The number of benzene rings is 1. The van der Waals surface area contributed by atoms with Crippen molar-refractivity contribution in [3.8, 4) is 5.75 Å². The minimum absolute atomic E-state index is 0.0402. The van der Waals surface area contributed by atoms with Crippen molar-refractivity contribution >= 4 is 23.1 Å². The van der Waals surface area contributed by atoms with Gasteiger partial charge in [-0.15, -0.1) is 0 Å². The summed E-state index contributed by atoms with van der Waals surface area (Å²) >= 11 is 0. The van der Waals surface area contributed by atoms with Gasteiger partial charge in [0.05, 0.1) is 11.6 Å². The van der Waals surface area contributed by atoms with E-state index in [1.165, 1.54) is 4.90 Å². The first-order chi connectivity index (χ1) is 17.8. The molecule has 0 amide bonds. The Kier molecular flexibility index (Phi) is 6.09. The molecule has 0 aromatic heterocycles. The van der Waals surface area contributed by atoms with Crippen LogP contribution in [0.5, 0.6) is 5.75 Å². The highest BCUT2D eigenvalue weighted by Gasteiger charge is 2.64. The zero-order chi connectivity index (χ0) is 28.0. The third-order valence-electron chi connectivity index (χ3n) is 9.07. The number of Topliss-reactive ketones (excluding diaryl/α,β-unsaturated/α-hetero) is 3. The molecule has 0 radical (unpaired) electrons. The Morgan fingerprint density at radius 3 is 2.37 bits per heavy atom. The SMILES string of the molecule is CCC(C)N1Cc2c(O)c3c(c(F)c2C1)C[C@H]1C[C@H]2[C@H](N(C)C)C(=O)C(C(C)=O)=C(O)[C@@]2(O)C(=O)C1=C3O. The number of ketones is 3. The number of aromatic hydroxyl groups is 1. The number of carbonyl (C=O) groups is 3. The summed E-state index contributed by atoms with van der Waals surface area (Å²) in [6.07, 6.45) is 0.746. The number of aliphatic hydroxyl groups excluding tert-OH is 2. The van der Waals surface area contributed by atoms with Crippen molar-refractivity contribution in [2.75, 3.05) is 14.1 Å². The predicted octanol–water partition coefficient (Wildman–Crippen LogP) is 2.32. The summed E-state index contributed by atoms with van der Waals surface area (Å²) in [4.78, 5) is 42.9. The van der Waals surface area contributed by atoms with Crippen LogP contribution in [0.15, 0.2) is 16.9 Å². The lowest BCUT2D eigenvalue weighted by Gasteiger charge is -2.50. The zero-order valence-corrected chi connectivity index (χ0v) is 22.1. The molecule has 38 heavy (non-hydrogen) atoms. The predicted molar refractivity (Wildman–Crippen MR) is 135 cm³/mol. The Hall–Kier alpha value is -3.08. The Labute approximate surface area is 219 Å². The van der Waals surface area contributed by atoms with Gasteiger partial charge in [-0.2, -0.15) is 0 Å². The second-order valence-corrected chi connectivity index (χ2v) is 11.3. The highest BCUT2D eigenvalue weighted by atomic mass is 19.1. The lowest BCUT2D eigenvalue weighted by atomic mass is 9.57. The zero-order valence-electron chi connectivity index (χ0n) is 22.1. The third-order valence-corrected chi connectivity index (χ3v) is 9.07. The number of rotatable bonds is 4. The van der Waals surface area contributed by atoms with E-state index in [0.717, 1.165) is 13.3 Å². The number of phenols is 1. The summed E-state index contributed by atoms with van der Waals surface area (Å²) in [7, 11) is 3.13. The normalized spacial score (nSPS) is 29.8. The highest BCUT2D eigenvalue weighted by Crippen LogP contribution is 2.54. The van der Waals surface area contributed by atoms with Gasteiger partial charge in [0, 0.05) is 47.3 Å². The molecule has 1 aliphatic heterocycles. The second kappa shape index (κ2) is 8.72. The monoisotopic (exact) mass is 528 g/mol. The molecular formula is C28H33FN2O7. The number of hydrogen-bond acceptors (Lipinski definition) is 9. The van der Waals surface area contributed by atoms with E-state index in [9.17, 15) is 34.8 Å². The number of halogens is 1. The van der Waals surface area contributed by atoms with Crippen molar-refractivity contribution in [2.45, 2.75) is 70.8 Å².